The molecule has 3 heteroatoms. The van der Waals surface area contributed by atoms with Crippen LogP contribution in [-0.2, 0) is 4.74 Å². The van der Waals surface area contributed by atoms with Gasteiger partial charge in [0.05, 0.1) is 6.61 Å². The third kappa shape index (κ3) is 6.35. The van der Waals surface area contributed by atoms with Crippen LogP contribution in [0.5, 0.6) is 0 Å². The Morgan fingerprint density at radius 1 is 1.36 bits per heavy atom. The second kappa shape index (κ2) is 8.21. The van der Waals surface area contributed by atoms with Crippen molar-refractivity contribution >= 4 is 0 Å². The second-order valence-corrected chi connectivity index (χ2v) is 4.10. The average molecular weight is 202 g/mol. The summed E-state index contributed by atoms with van der Waals surface area (Å²) in [5, 5.41) is 3.47. The highest BCUT2D eigenvalue weighted by molar-refractivity contribution is 4.70. The van der Waals surface area contributed by atoms with Crippen LogP contribution in [0.4, 0.5) is 0 Å². The van der Waals surface area contributed by atoms with E-state index in [4.69, 9.17) is 4.74 Å². The number of rotatable bonds is 8. The Hall–Kier alpha value is -0.120. The van der Waals surface area contributed by atoms with Gasteiger partial charge in [0.2, 0.25) is 0 Å². The third-order valence-corrected chi connectivity index (χ3v) is 2.50. The molecule has 1 atom stereocenters. The Balaban J connectivity index is 3.74. The van der Waals surface area contributed by atoms with Crippen molar-refractivity contribution in [3.63, 3.8) is 0 Å². The molecule has 0 spiro atoms. The molecule has 1 unspecified atom stereocenters. The Labute approximate surface area is 88.8 Å². The monoisotopic (exact) mass is 202 g/mol. The van der Waals surface area contributed by atoms with Crippen LogP contribution in [0.2, 0.25) is 0 Å². The SMILES string of the molecule is CCC(CNC(C)C)N(C)CCOC. The number of nitrogens with one attached hydrogen (secondary N) is 1. The third-order valence-electron chi connectivity index (χ3n) is 2.50. The standard InChI is InChI=1S/C11H26N2O/c1-6-11(9-12-10(2)3)13(4)7-8-14-5/h10-12H,6-9H2,1-5H3. The summed E-state index contributed by atoms with van der Waals surface area (Å²) >= 11 is 0. The molecule has 3 nitrogen and oxygen atoms in total. The highest BCUT2D eigenvalue weighted by Crippen LogP contribution is 2.00. The van der Waals surface area contributed by atoms with Gasteiger partial charge >= 0.3 is 0 Å². The van der Waals surface area contributed by atoms with E-state index in [-0.39, 0.29) is 0 Å². The predicted octanol–water partition coefficient (Wildman–Crippen LogP) is 1.34. The minimum Gasteiger partial charge on any atom is -0.383 e. The lowest BCUT2D eigenvalue weighted by atomic mass is 10.2. The van der Waals surface area contributed by atoms with Gasteiger partial charge in [-0.25, -0.2) is 0 Å². The number of hydrogen-bond acceptors (Lipinski definition) is 3. The van der Waals surface area contributed by atoms with Crippen LogP contribution in [0.3, 0.4) is 0 Å². The van der Waals surface area contributed by atoms with E-state index < -0.39 is 0 Å². The van der Waals surface area contributed by atoms with Crippen molar-refractivity contribution < 1.29 is 4.74 Å². The van der Waals surface area contributed by atoms with Crippen molar-refractivity contribution in [2.75, 3.05) is 33.9 Å². The summed E-state index contributed by atoms with van der Waals surface area (Å²) in [6, 6.07) is 1.19. The smallest absolute Gasteiger partial charge is 0.0589 e. The molecule has 86 valence electrons. The van der Waals surface area contributed by atoms with E-state index in [0.717, 1.165) is 19.7 Å². The largest absolute Gasteiger partial charge is 0.383 e. The molecular formula is C11H26N2O. The van der Waals surface area contributed by atoms with Gasteiger partial charge in [-0.1, -0.05) is 20.8 Å². The van der Waals surface area contributed by atoms with E-state index in [1.165, 1.54) is 6.42 Å². The van der Waals surface area contributed by atoms with Gasteiger partial charge in [-0.05, 0) is 13.5 Å². The Morgan fingerprint density at radius 2 is 2.00 bits per heavy atom. The summed E-state index contributed by atoms with van der Waals surface area (Å²) in [4.78, 5) is 2.36. The summed E-state index contributed by atoms with van der Waals surface area (Å²) in [6.45, 7) is 9.48. The van der Waals surface area contributed by atoms with E-state index in [0.29, 0.717) is 12.1 Å². The number of methoxy groups -OCH3 is 1. The molecule has 0 heterocycles. The zero-order valence-corrected chi connectivity index (χ0v) is 10.3. The number of nitrogens with zero attached hydrogens (tertiary/aromatic N) is 1. The number of hydrogen-bond donors (Lipinski definition) is 1. The Kier molecular flexibility index (Phi) is 8.14. The fourth-order valence-electron chi connectivity index (χ4n) is 1.40. The summed E-state index contributed by atoms with van der Waals surface area (Å²) in [5.41, 5.74) is 0. The van der Waals surface area contributed by atoms with Gasteiger partial charge in [-0.3, -0.25) is 4.90 Å². The molecular weight excluding hydrogens is 176 g/mol. The highest BCUT2D eigenvalue weighted by atomic mass is 16.5. The zero-order chi connectivity index (χ0) is 11.0. The minimum absolute atomic E-state index is 0.569. The van der Waals surface area contributed by atoms with E-state index in [1.807, 2.05) is 0 Å². The summed E-state index contributed by atoms with van der Waals surface area (Å²) < 4.78 is 5.07. The summed E-state index contributed by atoms with van der Waals surface area (Å²) in [7, 11) is 3.91. The molecule has 0 rings (SSSR count). The van der Waals surface area contributed by atoms with Crippen LogP contribution >= 0.6 is 0 Å². The van der Waals surface area contributed by atoms with Gasteiger partial charge in [-0.15, -0.1) is 0 Å². The maximum atomic E-state index is 5.07. The normalized spacial score (nSPS) is 13.9. The zero-order valence-electron chi connectivity index (χ0n) is 10.3. The van der Waals surface area contributed by atoms with Crippen molar-refractivity contribution in [2.24, 2.45) is 0 Å². The molecule has 0 fully saturated rings. The van der Waals surface area contributed by atoms with Crippen LogP contribution in [0.15, 0.2) is 0 Å². The summed E-state index contributed by atoms with van der Waals surface area (Å²) in [6.07, 6.45) is 1.18. The van der Waals surface area contributed by atoms with E-state index >= 15 is 0 Å². The quantitative estimate of drug-likeness (QED) is 0.643. The molecule has 0 aliphatic carbocycles. The molecule has 0 radical (unpaired) electrons. The molecule has 0 saturated heterocycles. The molecule has 0 aliphatic rings. The second-order valence-electron chi connectivity index (χ2n) is 4.10. The van der Waals surface area contributed by atoms with Crippen molar-refractivity contribution in [3.8, 4) is 0 Å². The molecule has 0 amide bonds. The minimum atomic E-state index is 0.569. The van der Waals surface area contributed by atoms with E-state index in [2.05, 4.69) is 38.0 Å². The van der Waals surface area contributed by atoms with Gasteiger partial charge in [0.25, 0.3) is 0 Å². The van der Waals surface area contributed by atoms with Crippen molar-refractivity contribution in [1.29, 1.82) is 0 Å². The lowest BCUT2D eigenvalue weighted by molar-refractivity contribution is 0.135. The topological polar surface area (TPSA) is 24.5 Å². The molecule has 0 aromatic heterocycles. The van der Waals surface area contributed by atoms with Gasteiger partial charge in [0.1, 0.15) is 0 Å². The molecule has 0 saturated carbocycles. The fourth-order valence-corrected chi connectivity index (χ4v) is 1.40. The van der Waals surface area contributed by atoms with Crippen LogP contribution in [0.1, 0.15) is 27.2 Å². The maximum absolute atomic E-state index is 5.07. The number of ether oxygens (including phenoxy) is 1. The first-order valence-corrected chi connectivity index (χ1v) is 5.54. The van der Waals surface area contributed by atoms with Crippen LogP contribution in [-0.4, -0.2) is 50.8 Å². The fraction of sp³-hybridized carbons (Fsp3) is 1.00. The van der Waals surface area contributed by atoms with Crippen LogP contribution in [0.25, 0.3) is 0 Å². The molecule has 0 aliphatic heterocycles. The van der Waals surface area contributed by atoms with Crippen LogP contribution < -0.4 is 5.32 Å². The van der Waals surface area contributed by atoms with Crippen LogP contribution in [0, 0.1) is 0 Å². The lowest BCUT2D eigenvalue weighted by Gasteiger charge is -2.27. The predicted molar refractivity (Wildman–Crippen MR) is 61.7 cm³/mol. The molecule has 0 bridgehead atoms. The molecule has 0 aromatic carbocycles. The average Bonchev–Trinajstić information content (AvgIpc) is 2.15. The van der Waals surface area contributed by atoms with Gasteiger partial charge < -0.3 is 10.1 Å². The first-order valence-electron chi connectivity index (χ1n) is 5.54. The first-order chi connectivity index (χ1) is 6.61. The number of likely N-dealkylation sites (N-methyl/N-ethyl adjacent to an activating group) is 1. The highest BCUT2D eigenvalue weighted by Gasteiger charge is 2.11. The van der Waals surface area contributed by atoms with E-state index in [9.17, 15) is 0 Å². The lowest BCUT2D eigenvalue weighted by Crippen LogP contribution is -2.42. The molecule has 0 aromatic rings. The van der Waals surface area contributed by atoms with Crippen molar-refractivity contribution in [2.45, 2.75) is 39.3 Å². The maximum Gasteiger partial charge on any atom is 0.0589 e. The first kappa shape index (κ1) is 13.9. The van der Waals surface area contributed by atoms with Crippen molar-refractivity contribution in [3.05, 3.63) is 0 Å². The molecule has 1 N–H and O–H groups in total. The summed E-state index contributed by atoms with van der Waals surface area (Å²) in [5.74, 6) is 0. The van der Waals surface area contributed by atoms with Gasteiger partial charge in [-0.2, -0.15) is 0 Å². The molecule has 14 heavy (non-hydrogen) atoms. The van der Waals surface area contributed by atoms with Gasteiger partial charge in [0.15, 0.2) is 0 Å². The van der Waals surface area contributed by atoms with Gasteiger partial charge in [0, 0.05) is 32.3 Å². The Bertz CT molecular complexity index is 128. The Morgan fingerprint density at radius 3 is 2.43 bits per heavy atom. The van der Waals surface area contributed by atoms with Crippen molar-refractivity contribution in [1.82, 2.24) is 10.2 Å². The van der Waals surface area contributed by atoms with E-state index in [1.54, 1.807) is 7.11 Å².